The second-order valence-electron chi connectivity index (χ2n) is 6.03. The number of nitrogens with one attached hydrogen (secondary N) is 1. The number of fused-ring (bicyclic) bond motifs is 1. The summed E-state index contributed by atoms with van der Waals surface area (Å²) < 4.78 is 28.7. The molecular weight excluding hydrogens is 364 g/mol. The van der Waals surface area contributed by atoms with Crippen molar-refractivity contribution < 1.29 is 22.7 Å². The minimum atomic E-state index is -2.96. The highest BCUT2D eigenvalue weighted by Gasteiger charge is 2.34. The Morgan fingerprint density at radius 2 is 2.12 bits per heavy atom. The molecule has 0 radical (unpaired) electrons. The van der Waals surface area contributed by atoms with E-state index in [0.717, 1.165) is 0 Å². The summed E-state index contributed by atoms with van der Waals surface area (Å²) in [4.78, 5) is 26.2. The van der Waals surface area contributed by atoms with Crippen LogP contribution in [0.25, 0.3) is 0 Å². The first-order valence-corrected chi connectivity index (χ1v) is 10.9. The number of anilines is 1. The van der Waals surface area contributed by atoms with Gasteiger partial charge in [0, 0.05) is 12.3 Å². The van der Waals surface area contributed by atoms with E-state index in [1.54, 1.807) is 29.2 Å². The van der Waals surface area contributed by atoms with Crippen molar-refractivity contribution in [2.24, 2.45) is 0 Å². The predicted molar refractivity (Wildman–Crippen MR) is 96.8 cm³/mol. The van der Waals surface area contributed by atoms with Gasteiger partial charge in [-0.1, -0.05) is 12.1 Å². The van der Waals surface area contributed by atoms with Gasteiger partial charge in [-0.15, -0.1) is 11.8 Å². The monoisotopic (exact) mass is 384 g/mol. The van der Waals surface area contributed by atoms with Gasteiger partial charge in [0.2, 0.25) is 5.91 Å². The van der Waals surface area contributed by atoms with Crippen LogP contribution in [0.1, 0.15) is 6.42 Å². The fraction of sp³-hybridized carbons (Fsp3) is 0.500. The zero-order chi connectivity index (χ0) is 18.0. The molecule has 3 rings (SSSR count). The molecule has 0 bridgehead atoms. The summed E-state index contributed by atoms with van der Waals surface area (Å²) in [5, 5.41) is 2.50. The number of thioether (sulfide) groups is 1. The van der Waals surface area contributed by atoms with Crippen LogP contribution in [0.5, 0.6) is 5.75 Å². The molecule has 25 heavy (non-hydrogen) atoms. The third-order valence-corrected chi connectivity index (χ3v) is 7.51. The molecule has 1 saturated heterocycles. The molecule has 2 amide bonds. The molecule has 0 spiro atoms. The lowest BCUT2D eigenvalue weighted by atomic mass is 10.2. The number of carbonyl (C=O) groups is 2. The van der Waals surface area contributed by atoms with Crippen molar-refractivity contribution in [1.29, 1.82) is 0 Å². The van der Waals surface area contributed by atoms with Gasteiger partial charge >= 0.3 is 0 Å². The van der Waals surface area contributed by atoms with Crippen LogP contribution < -0.4 is 15.0 Å². The molecule has 9 heteroatoms. The highest BCUT2D eigenvalue weighted by Crippen LogP contribution is 2.34. The maximum atomic E-state index is 12.7. The molecule has 2 aliphatic heterocycles. The molecule has 1 aromatic rings. The number of benzene rings is 1. The molecule has 2 atom stereocenters. The van der Waals surface area contributed by atoms with E-state index in [-0.39, 0.29) is 40.9 Å². The van der Waals surface area contributed by atoms with Gasteiger partial charge in [-0.25, -0.2) is 8.42 Å². The lowest BCUT2D eigenvalue weighted by Gasteiger charge is -2.34. The third kappa shape index (κ3) is 4.09. The molecule has 7 nitrogen and oxygen atoms in total. The maximum Gasteiger partial charge on any atom is 0.262 e. The second kappa shape index (κ2) is 7.25. The first kappa shape index (κ1) is 18.1. The standard InChI is InChI=1S/C16H20N2O5S2/c1-17-16(20)14-8-18(12-4-2-3-5-13(12)23-14)15(19)9-24-11-6-7-25(21,22)10-11/h2-5,11,14H,6-10H2,1H3,(H,17,20)/t11-,14-/m1/s1. The predicted octanol–water partition coefficient (Wildman–Crippen LogP) is 0.447. The lowest BCUT2D eigenvalue weighted by molar-refractivity contribution is -0.127. The first-order chi connectivity index (χ1) is 11.9. The molecule has 0 unspecified atom stereocenters. The van der Waals surface area contributed by atoms with Gasteiger partial charge in [0.15, 0.2) is 15.9 Å². The molecule has 1 N–H and O–H groups in total. The summed E-state index contributed by atoms with van der Waals surface area (Å²) in [6.45, 7) is 0.138. The Bertz CT molecular complexity index is 780. The molecule has 136 valence electrons. The van der Waals surface area contributed by atoms with Gasteiger partial charge in [-0.2, -0.15) is 0 Å². The van der Waals surface area contributed by atoms with Crippen molar-refractivity contribution in [3.63, 3.8) is 0 Å². The number of carbonyl (C=O) groups excluding carboxylic acids is 2. The van der Waals surface area contributed by atoms with E-state index in [4.69, 9.17) is 4.74 Å². The quantitative estimate of drug-likeness (QED) is 0.810. The highest BCUT2D eigenvalue weighted by molar-refractivity contribution is 8.02. The van der Waals surface area contributed by atoms with Crippen LogP contribution in [0.3, 0.4) is 0 Å². The number of amides is 2. The third-order valence-electron chi connectivity index (χ3n) is 4.25. The zero-order valence-corrected chi connectivity index (χ0v) is 15.4. The Labute approximate surface area is 151 Å². The second-order valence-corrected chi connectivity index (χ2v) is 9.55. The van der Waals surface area contributed by atoms with Crippen LogP contribution in [-0.4, -0.2) is 62.4 Å². The number of para-hydroxylation sites is 2. The highest BCUT2D eigenvalue weighted by atomic mass is 32.2. The van der Waals surface area contributed by atoms with E-state index in [9.17, 15) is 18.0 Å². The largest absolute Gasteiger partial charge is 0.477 e. The van der Waals surface area contributed by atoms with Crippen molar-refractivity contribution in [2.45, 2.75) is 17.8 Å². The van der Waals surface area contributed by atoms with Crippen molar-refractivity contribution in [2.75, 3.05) is 35.8 Å². The minimum absolute atomic E-state index is 0.0417. The molecule has 2 heterocycles. The number of sulfone groups is 1. The maximum absolute atomic E-state index is 12.7. The van der Waals surface area contributed by atoms with Gasteiger partial charge < -0.3 is 15.0 Å². The van der Waals surface area contributed by atoms with E-state index in [2.05, 4.69) is 5.32 Å². The number of nitrogens with zero attached hydrogens (tertiary/aromatic N) is 1. The van der Waals surface area contributed by atoms with Gasteiger partial charge in [0.05, 0.1) is 29.5 Å². The van der Waals surface area contributed by atoms with E-state index >= 15 is 0 Å². The topological polar surface area (TPSA) is 92.8 Å². The van der Waals surface area contributed by atoms with Crippen LogP contribution in [-0.2, 0) is 19.4 Å². The molecule has 0 aliphatic carbocycles. The average Bonchev–Trinajstić information content (AvgIpc) is 2.96. The number of rotatable bonds is 4. The van der Waals surface area contributed by atoms with Crippen molar-refractivity contribution in [1.82, 2.24) is 5.32 Å². The van der Waals surface area contributed by atoms with E-state index < -0.39 is 15.9 Å². The summed E-state index contributed by atoms with van der Waals surface area (Å²) in [5.41, 5.74) is 0.632. The summed E-state index contributed by atoms with van der Waals surface area (Å²) in [7, 11) is -1.44. The number of ether oxygens (including phenoxy) is 1. The van der Waals surface area contributed by atoms with E-state index in [1.807, 2.05) is 0 Å². The fourth-order valence-corrected chi connectivity index (χ4v) is 6.45. The molecule has 1 fully saturated rings. The smallest absolute Gasteiger partial charge is 0.262 e. The van der Waals surface area contributed by atoms with Crippen molar-refractivity contribution in [3.05, 3.63) is 24.3 Å². The lowest BCUT2D eigenvalue weighted by Crippen LogP contribution is -2.50. The molecule has 0 aromatic heterocycles. The summed E-state index contributed by atoms with van der Waals surface area (Å²) in [6, 6.07) is 7.09. The Kier molecular flexibility index (Phi) is 5.24. The summed E-state index contributed by atoms with van der Waals surface area (Å²) in [5.74, 6) is 0.545. The van der Waals surface area contributed by atoms with Crippen LogP contribution in [0, 0.1) is 0 Å². The van der Waals surface area contributed by atoms with Crippen LogP contribution in [0.15, 0.2) is 24.3 Å². The molecule has 1 aromatic carbocycles. The van der Waals surface area contributed by atoms with Crippen molar-refractivity contribution >= 4 is 39.1 Å². The summed E-state index contributed by atoms with van der Waals surface area (Å²) >= 11 is 1.37. The average molecular weight is 384 g/mol. The van der Waals surface area contributed by atoms with Crippen molar-refractivity contribution in [3.8, 4) is 5.75 Å². The molecule has 2 aliphatic rings. The number of hydrogen-bond donors (Lipinski definition) is 1. The Morgan fingerprint density at radius 1 is 1.36 bits per heavy atom. The Balaban J connectivity index is 1.71. The number of likely N-dealkylation sites (N-methyl/N-ethyl adjacent to an activating group) is 1. The summed E-state index contributed by atoms with van der Waals surface area (Å²) in [6.07, 6.45) is -0.179. The van der Waals surface area contributed by atoms with Crippen LogP contribution in [0.2, 0.25) is 0 Å². The van der Waals surface area contributed by atoms with Gasteiger partial charge in [0.25, 0.3) is 5.91 Å². The minimum Gasteiger partial charge on any atom is -0.477 e. The van der Waals surface area contributed by atoms with E-state index in [1.165, 1.54) is 18.8 Å². The van der Waals surface area contributed by atoms with Gasteiger partial charge in [0.1, 0.15) is 5.75 Å². The van der Waals surface area contributed by atoms with E-state index in [0.29, 0.717) is 17.9 Å². The molecule has 0 saturated carbocycles. The van der Waals surface area contributed by atoms with Gasteiger partial charge in [-0.3, -0.25) is 9.59 Å². The van der Waals surface area contributed by atoms with Gasteiger partial charge in [-0.05, 0) is 18.6 Å². The number of hydrogen-bond acceptors (Lipinski definition) is 6. The zero-order valence-electron chi connectivity index (χ0n) is 13.8. The first-order valence-electron chi connectivity index (χ1n) is 7.99. The van der Waals surface area contributed by atoms with Crippen LogP contribution in [0.4, 0.5) is 5.69 Å². The fourth-order valence-electron chi connectivity index (χ4n) is 2.93. The Hall–Kier alpha value is -1.74. The van der Waals surface area contributed by atoms with Crippen LogP contribution >= 0.6 is 11.8 Å². The molecular formula is C16H20N2O5S2. The Morgan fingerprint density at radius 3 is 2.80 bits per heavy atom. The SMILES string of the molecule is CNC(=O)[C@H]1CN(C(=O)CS[C@@H]2CCS(=O)(=O)C2)c2ccccc2O1. The normalized spacial score (nSPS) is 24.3.